The van der Waals surface area contributed by atoms with Crippen molar-refractivity contribution < 1.29 is 38.4 Å². The number of benzene rings is 1. The average molecular weight is 314 g/mol. The van der Waals surface area contributed by atoms with E-state index < -0.39 is 10.2 Å². The first-order valence-electron chi connectivity index (χ1n) is 6.03. The van der Waals surface area contributed by atoms with Crippen LogP contribution in [-0.4, -0.2) is 0 Å². The summed E-state index contributed by atoms with van der Waals surface area (Å²) in [4.78, 5) is 5.64. The van der Waals surface area contributed by atoms with Crippen molar-refractivity contribution in [2.45, 2.75) is 20.5 Å². The van der Waals surface area contributed by atoms with Gasteiger partial charge in [-0.2, -0.15) is 0 Å². The van der Waals surface area contributed by atoms with E-state index in [2.05, 4.69) is 32.0 Å². The number of hydrogen-bond acceptors (Lipinski definition) is 5. The Hall–Kier alpha value is -1.70. The van der Waals surface area contributed by atoms with Gasteiger partial charge in [-0.05, 0) is 25.0 Å². The zero-order valence-electron chi connectivity index (χ0n) is 11.7. The molecule has 1 aromatic carbocycles. The Morgan fingerprint density at radius 1 is 0.952 bits per heavy atom. The second kappa shape index (κ2) is 7.92. The first kappa shape index (κ1) is 17.4. The minimum atomic E-state index is -4.94. The summed E-state index contributed by atoms with van der Waals surface area (Å²) < 4.78 is 35.7. The number of pyridine rings is 1. The highest BCUT2D eigenvalue weighted by atomic mass is 35.7. The van der Waals surface area contributed by atoms with Gasteiger partial charge in [-0.1, -0.05) is 30.3 Å². The third kappa shape index (κ3) is 8.23. The molecule has 2 aromatic rings. The molecule has 0 fully saturated rings. The van der Waals surface area contributed by atoms with Gasteiger partial charge in [0.25, 0.3) is 0 Å². The standard InChI is InChI=1S/C14H16NO.ClHO4/c1-12-8-9-15(10-13(12)2)16-11-14-6-4-3-5-7-14;2-1(3,4)5/h3-10H,11H2,1-2H3;(H,2,3,4,5)/q+1;/p-1. The molecule has 0 radical (unpaired) electrons. The van der Waals surface area contributed by atoms with Gasteiger partial charge in [-0.3, -0.25) is 4.84 Å². The molecule has 0 aliphatic rings. The maximum Gasteiger partial charge on any atom is 0.225 e. The molecule has 0 aliphatic carbocycles. The van der Waals surface area contributed by atoms with Crippen molar-refractivity contribution in [2.75, 3.05) is 0 Å². The Bertz CT molecular complexity index is 551. The Labute approximate surface area is 125 Å². The Balaban J connectivity index is 0.000000383. The maximum absolute atomic E-state index is 8.49. The molecule has 0 atom stereocenters. The fourth-order valence-corrected chi connectivity index (χ4v) is 1.46. The molecule has 0 amide bonds. The molecule has 0 saturated carbocycles. The van der Waals surface area contributed by atoms with E-state index in [0.29, 0.717) is 6.61 Å². The van der Waals surface area contributed by atoms with Crippen LogP contribution in [0.25, 0.3) is 0 Å². The van der Waals surface area contributed by atoms with Crippen molar-refractivity contribution in [3.8, 4) is 0 Å². The molecule has 7 heteroatoms. The summed E-state index contributed by atoms with van der Waals surface area (Å²) in [5.74, 6) is 0. The normalized spacial score (nSPS) is 10.6. The van der Waals surface area contributed by atoms with Crippen LogP contribution in [0, 0.1) is 24.1 Å². The predicted molar refractivity (Wildman–Crippen MR) is 62.8 cm³/mol. The van der Waals surface area contributed by atoms with Crippen LogP contribution in [0.3, 0.4) is 0 Å². The van der Waals surface area contributed by atoms with E-state index in [-0.39, 0.29) is 0 Å². The van der Waals surface area contributed by atoms with Crippen molar-refractivity contribution in [1.29, 1.82) is 0 Å². The summed E-state index contributed by atoms with van der Waals surface area (Å²) in [7, 11) is -4.94. The fraction of sp³-hybridized carbons (Fsp3) is 0.214. The second-order valence-corrected chi connectivity index (χ2v) is 5.06. The van der Waals surface area contributed by atoms with Crippen molar-refractivity contribution in [2.24, 2.45) is 0 Å². The third-order valence-electron chi connectivity index (χ3n) is 2.64. The fourth-order valence-electron chi connectivity index (χ4n) is 1.46. The first-order valence-corrected chi connectivity index (χ1v) is 7.26. The number of rotatable bonds is 3. The molecule has 0 aliphatic heterocycles. The molecule has 114 valence electrons. The highest BCUT2D eigenvalue weighted by Crippen LogP contribution is 2.01. The van der Waals surface area contributed by atoms with Crippen LogP contribution in [0.5, 0.6) is 0 Å². The van der Waals surface area contributed by atoms with Crippen LogP contribution in [-0.2, 0) is 6.61 Å². The van der Waals surface area contributed by atoms with Crippen LogP contribution in [0.15, 0.2) is 48.8 Å². The molecule has 2 rings (SSSR count). The van der Waals surface area contributed by atoms with Crippen LogP contribution in [0.2, 0.25) is 0 Å². The molecule has 1 aromatic heterocycles. The molecule has 6 nitrogen and oxygen atoms in total. The average Bonchev–Trinajstić information content (AvgIpc) is 2.39. The first-order chi connectivity index (χ1) is 9.75. The number of halogens is 1. The van der Waals surface area contributed by atoms with Crippen molar-refractivity contribution >= 4 is 0 Å². The lowest BCUT2D eigenvalue weighted by Gasteiger charge is -2.17. The van der Waals surface area contributed by atoms with Gasteiger partial charge in [0, 0.05) is 16.4 Å². The van der Waals surface area contributed by atoms with E-state index in [1.165, 1.54) is 16.7 Å². The van der Waals surface area contributed by atoms with Gasteiger partial charge in [0.1, 0.15) is 0 Å². The van der Waals surface area contributed by atoms with Gasteiger partial charge in [-0.15, -0.1) is 10.2 Å². The zero-order valence-corrected chi connectivity index (χ0v) is 12.4. The second-order valence-electron chi connectivity index (χ2n) is 4.31. The SMILES string of the molecule is Cc1cc[n+](OCc2ccccc2)cc1C.[O-][Cl+3]([O-])([O-])[O-]. The van der Waals surface area contributed by atoms with Gasteiger partial charge in [-0.25, -0.2) is 18.6 Å². The van der Waals surface area contributed by atoms with Gasteiger partial charge >= 0.3 is 0 Å². The number of nitrogens with zero attached hydrogens (tertiary/aromatic N) is 1. The van der Waals surface area contributed by atoms with E-state index >= 15 is 0 Å². The molecule has 1 heterocycles. The smallest absolute Gasteiger partial charge is 0.225 e. The van der Waals surface area contributed by atoms with Gasteiger partial charge < -0.3 is 0 Å². The molecule has 0 bridgehead atoms. The molecular formula is C14H16ClNO5. The van der Waals surface area contributed by atoms with Crippen molar-refractivity contribution in [3.63, 3.8) is 0 Å². The largest absolute Gasteiger partial charge is 0.267 e. The van der Waals surface area contributed by atoms with E-state index in [1.54, 1.807) is 4.73 Å². The molecule has 0 spiro atoms. The number of aromatic nitrogens is 1. The minimum absolute atomic E-state index is 0.591. The van der Waals surface area contributed by atoms with Crippen LogP contribution in [0.1, 0.15) is 16.7 Å². The third-order valence-corrected chi connectivity index (χ3v) is 2.64. The molecule has 21 heavy (non-hydrogen) atoms. The molecule has 0 unspecified atom stereocenters. The molecule has 0 N–H and O–H groups in total. The lowest BCUT2D eigenvalue weighted by atomic mass is 10.2. The monoisotopic (exact) mass is 313 g/mol. The summed E-state index contributed by atoms with van der Waals surface area (Å²) in [6.45, 7) is 4.77. The summed E-state index contributed by atoms with van der Waals surface area (Å²) in [5, 5.41) is 0. The van der Waals surface area contributed by atoms with E-state index in [9.17, 15) is 0 Å². The van der Waals surface area contributed by atoms with Crippen LogP contribution >= 0.6 is 0 Å². The van der Waals surface area contributed by atoms with Gasteiger partial charge in [0.15, 0.2) is 6.61 Å². The minimum Gasteiger partial charge on any atom is -0.267 e. The Kier molecular flexibility index (Phi) is 6.54. The molecular weight excluding hydrogens is 298 g/mol. The summed E-state index contributed by atoms with van der Waals surface area (Å²) in [6.07, 6.45) is 3.93. The lowest BCUT2D eigenvalue weighted by Crippen LogP contribution is -2.68. The number of hydrogen-bond donors (Lipinski definition) is 0. The highest BCUT2D eigenvalue weighted by molar-refractivity contribution is 5.16. The van der Waals surface area contributed by atoms with E-state index in [4.69, 9.17) is 23.5 Å². The Morgan fingerprint density at radius 2 is 1.52 bits per heavy atom. The quantitative estimate of drug-likeness (QED) is 0.581. The summed E-state index contributed by atoms with van der Waals surface area (Å²) in [5.41, 5.74) is 3.68. The van der Waals surface area contributed by atoms with Gasteiger partial charge in [0.05, 0.1) is 0 Å². The lowest BCUT2D eigenvalue weighted by molar-refractivity contribution is -2.00. The van der Waals surface area contributed by atoms with Crippen molar-refractivity contribution in [3.05, 3.63) is 65.5 Å². The summed E-state index contributed by atoms with van der Waals surface area (Å²) in [6, 6.07) is 12.2. The van der Waals surface area contributed by atoms with E-state index in [1.807, 2.05) is 30.6 Å². The zero-order chi connectivity index (χ0) is 15.9. The summed E-state index contributed by atoms with van der Waals surface area (Å²) >= 11 is 0. The van der Waals surface area contributed by atoms with Gasteiger partial charge in [0.2, 0.25) is 12.4 Å². The predicted octanol–water partition coefficient (Wildman–Crippen LogP) is -2.54. The highest BCUT2D eigenvalue weighted by Gasteiger charge is 2.04. The van der Waals surface area contributed by atoms with E-state index in [0.717, 1.165) is 0 Å². The Morgan fingerprint density at radius 3 is 2.05 bits per heavy atom. The van der Waals surface area contributed by atoms with Crippen LogP contribution in [0.4, 0.5) is 0 Å². The van der Waals surface area contributed by atoms with Crippen LogP contribution < -0.4 is 28.2 Å². The van der Waals surface area contributed by atoms with Crippen molar-refractivity contribution in [1.82, 2.24) is 0 Å². The topological polar surface area (TPSA) is 105 Å². The molecule has 0 saturated heterocycles. The number of aryl methyl sites for hydroxylation is 2. The maximum atomic E-state index is 8.49.